The monoisotopic (exact) mass is 318 g/mol. The number of benzene rings is 2. The van der Waals surface area contributed by atoms with Gasteiger partial charge in [-0.3, -0.25) is 10.1 Å². The summed E-state index contributed by atoms with van der Waals surface area (Å²) in [4.78, 5) is 10.0. The molecule has 0 atom stereocenters. The van der Waals surface area contributed by atoms with Crippen LogP contribution >= 0.6 is 0 Å². The summed E-state index contributed by atoms with van der Waals surface area (Å²) < 4.78 is 37.5. The van der Waals surface area contributed by atoms with Gasteiger partial charge in [0.05, 0.1) is 22.1 Å². The molecule has 0 aliphatic heterocycles. The van der Waals surface area contributed by atoms with Gasteiger partial charge in [0.1, 0.15) is 0 Å². The number of hydrogen-bond donors (Lipinski definition) is 0. The van der Waals surface area contributed by atoms with Crippen LogP contribution in [0.5, 0.6) is 0 Å². The number of allylic oxidation sites excluding steroid dienone is 1. The summed E-state index contributed by atoms with van der Waals surface area (Å²) in [6, 6.07) is 11.6. The SMILES string of the molecule is N#C/C(=C/c1ccc(C(F)(F)F)cc1)c1ccc([N+](=O)[O-])cc1. The fourth-order valence-corrected chi connectivity index (χ4v) is 1.88. The van der Waals surface area contributed by atoms with Crippen molar-refractivity contribution in [3.8, 4) is 6.07 Å². The van der Waals surface area contributed by atoms with Crippen LogP contribution in [-0.4, -0.2) is 4.92 Å². The van der Waals surface area contributed by atoms with Crippen molar-refractivity contribution in [3.63, 3.8) is 0 Å². The maximum absolute atomic E-state index is 12.5. The number of nitro groups is 1. The molecular weight excluding hydrogens is 309 g/mol. The molecule has 2 aromatic carbocycles. The van der Waals surface area contributed by atoms with E-state index in [1.165, 1.54) is 42.5 Å². The molecule has 0 spiro atoms. The molecule has 0 saturated carbocycles. The summed E-state index contributed by atoms with van der Waals surface area (Å²) in [7, 11) is 0. The van der Waals surface area contributed by atoms with Gasteiger partial charge in [-0.2, -0.15) is 18.4 Å². The first-order chi connectivity index (χ1) is 10.8. The molecule has 7 heteroatoms. The fourth-order valence-electron chi connectivity index (χ4n) is 1.88. The number of hydrogen-bond acceptors (Lipinski definition) is 3. The number of halogens is 3. The van der Waals surface area contributed by atoms with E-state index in [0.717, 1.165) is 12.1 Å². The van der Waals surface area contributed by atoms with Crippen molar-refractivity contribution in [2.45, 2.75) is 6.18 Å². The van der Waals surface area contributed by atoms with Crippen molar-refractivity contribution in [1.82, 2.24) is 0 Å². The first kappa shape index (κ1) is 16.2. The van der Waals surface area contributed by atoms with Crippen molar-refractivity contribution >= 4 is 17.3 Å². The van der Waals surface area contributed by atoms with Crippen LogP contribution in [-0.2, 0) is 6.18 Å². The zero-order valence-corrected chi connectivity index (χ0v) is 11.5. The predicted molar refractivity (Wildman–Crippen MR) is 78.0 cm³/mol. The molecule has 0 bridgehead atoms. The normalized spacial score (nSPS) is 11.8. The maximum atomic E-state index is 12.5. The first-order valence-electron chi connectivity index (χ1n) is 6.35. The van der Waals surface area contributed by atoms with Gasteiger partial charge in [-0.05, 0) is 41.5 Å². The number of nitriles is 1. The molecular formula is C16H9F3N2O2. The Morgan fingerprint density at radius 3 is 2.09 bits per heavy atom. The topological polar surface area (TPSA) is 66.9 Å². The molecule has 2 rings (SSSR count). The fraction of sp³-hybridized carbons (Fsp3) is 0.0625. The maximum Gasteiger partial charge on any atom is 0.416 e. The zero-order chi connectivity index (χ0) is 17.0. The van der Waals surface area contributed by atoms with E-state index in [-0.39, 0.29) is 11.3 Å². The van der Waals surface area contributed by atoms with Crippen molar-refractivity contribution in [3.05, 3.63) is 75.3 Å². The minimum absolute atomic E-state index is 0.111. The van der Waals surface area contributed by atoms with E-state index < -0.39 is 16.7 Å². The Morgan fingerprint density at radius 2 is 1.65 bits per heavy atom. The molecule has 0 unspecified atom stereocenters. The highest BCUT2D eigenvalue weighted by atomic mass is 19.4. The van der Waals surface area contributed by atoms with Crippen LogP contribution in [0.15, 0.2) is 48.5 Å². The molecule has 0 amide bonds. The van der Waals surface area contributed by atoms with Crippen molar-refractivity contribution < 1.29 is 18.1 Å². The molecule has 0 aromatic heterocycles. The second-order valence-electron chi connectivity index (χ2n) is 4.59. The standard InChI is InChI=1S/C16H9F3N2O2/c17-16(18,19)14-5-1-11(2-6-14)9-13(10-20)12-3-7-15(8-4-12)21(22)23/h1-9H/b13-9-. The number of rotatable bonds is 3. The number of nitro benzene ring substituents is 1. The minimum Gasteiger partial charge on any atom is -0.258 e. The second kappa shape index (κ2) is 6.32. The molecule has 4 nitrogen and oxygen atoms in total. The van der Waals surface area contributed by atoms with Crippen LogP contribution in [0.2, 0.25) is 0 Å². The van der Waals surface area contributed by atoms with E-state index in [9.17, 15) is 28.5 Å². The quantitative estimate of drug-likeness (QED) is 0.357. The van der Waals surface area contributed by atoms with E-state index in [4.69, 9.17) is 0 Å². The molecule has 0 heterocycles. The van der Waals surface area contributed by atoms with Crippen molar-refractivity contribution in [2.75, 3.05) is 0 Å². The van der Waals surface area contributed by atoms with E-state index in [0.29, 0.717) is 11.1 Å². The molecule has 0 radical (unpaired) electrons. The van der Waals surface area contributed by atoms with Gasteiger partial charge in [-0.25, -0.2) is 0 Å². The van der Waals surface area contributed by atoms with Gasteiger partial charge in [0, 0.05) is 12.1 Å². The van der Waals surface area contributed by atoms with Crippen LogP contribution < -0.4 is 0 Å². The smallest absolute Gasteiger partial charge is 0.258 e. The largest absolute Gasteiger partial charge is 0.416 e. The lowest BCUT2D eigenvalue weighted by Gasteiger charge is -2.06. The summed E-state index contributed by atoms with van der Waals surface area (Å²) in [6.07, 6.45) is -3.00. The Bertz CT molecular complexity index is 786. The average Bonchev–Trinajstić information content (AvgIpc) is 2.52. The van der Waals surface area contributed by atoms with Crippen molar-refractivity contribution in [2.24, 2.45) is 0 Å². The Hall–Kier alpha value is -3.14. The Labute approximate surface area is 129 Å². The Balaban J connectivity index is 2.32. The van der Waals surface area contributed by atoms with Crippen LogP contribution in [0.25, 0.3) is 11.6 Å². The van der Waals surface area contributed by atoms with Crippen LogP contribution in [0, 0.1) is 21.4 Å². The van der Waals surface area contributed by atoms with Crippen molar-refractivity contribution in [1.29, 1.82) is 5.26 Å². The van der Waals surface area contributed by atoms with Gasteiger partial charge < -0.3 is 0 Å². The molecule has 116 valence electrons. The van der Waals surface area contributed by atoms with Crippen LogP contribution in [0.4, 0.5) is 18.9 Å². The molecule has 0 aliphatic rings. The third-order valence-electron chi connectivity index (χ3n) is 3.06. The third-order valence-corrected chi connectivity index (χ3v) is 3.06. The number of non-ortho nitro benzene ring substituents is 1. The highest BCUT2D eigenvalue weighted by Crippen LogP contribution is 2.29. The highest BCUT2D eigenvalue weighted by Gasteiger charge is 2.29. The second-order valence-corrected chi connectivity index (χ2v) is 4.59. The van der Waals surface area contributed by atoms with Gasteiger partial charge in [0.2, 0.25) is 0 Å². The highest BCUT2D eigenvalue weighted by molar-refractivity contribution is 5.89. The first-order valence-corrected chi connectivity index (χ1v) is 6.35. The lowest BCUT2D eigenvalue weighted by molar-refractivity contribution is -0.384. The zero-order valence-electron chi connectivity index (χ0n) is 11.5. The van der Waals surface area contributed by atoms with Gasteiger partial charge >= 0.3 is 6.18 Å². The Kier molecular flexibility index (Phi) is 4.46. The summed E-state index contributed by atoms with van der Waals surface area (Å²) in [5, 5.41) is 19.8. The van der Waals surface area contributed by atoms with Gasteiger partial charge in [0.25, 0.3) is 5.69 Å². The predicted octanol–water partition coefficient (Wildman–Crippen LogP) is 4.68. The van der Waals surface area contributed by atoms with E-state index in [1.54, 1.807) is 0 Å². The molecule has 23 heavy (non-hydrogen) atoms. The van der Waals surface area contributed by atoms with Crippen LogP contribution in [0.1, 0.15) is 16.7 Å². The van der Waals surface area contributed by atoms with E-state index in [2.05, 4.69) is 0 Å². The van der Waals surface area contributed by atoms with Gasteiger partial charge in [-0.15, -0.1) is 0 Å². The van der Waals surface area contributed by atoms with Gasteiger partial charge in [0.15, 0.2) is 0 Å². The number of nitrogens with zero attached hydrogens (tertiary/aromatic N) is 2. The summed E-state index contributed by atoms with van der Waals surface area (Å²) in [6.45, 7) is 0. The lowest BCUT2D eigenvalue weighted by atomic mass is 10.0. The molecule has 0 fully saturated rings. The van der Waals surface area contributed by atoms with E-state index in [1.807, 2.05) is 6.07 Å². The Morgan fingerprint density at radius 1 is 1.09 bits per heavy atom. The van der Waals surface area contributed by atoms with Crippen LogP contribution in [0.3, 0.4) is 0 Å². The van der Waals surface area contributed by atoms with Gasteiger partial charge in [-0.1, -0.05) is 12.1 Å². The third kappa shape index (κ3) is 3.95. The summed E-state index contributed by atoms with van der Waals surface area (Å²) in [5.74, 6) is 0. The molecule has 2 aromatic rings. The van der Waals surface area contributed by atoms with E-state index >= 15 is 0 Å². The molecule has 0 aliphatic carbocycles. The average molecular weight is 318 g/mol. The summed E-state index contributed by atoms with van der Waals surface area (Å²) in [5.41, 5.74) is 0.176. The molecule has 0 N–H and O–H groups in total. The minimum atomic E-state index is -4.42. The number of alkyl halides is 3. The lowest BCUT2D eigenvalue weighted by Crippen LogP contribution is -2.03. The summed E-state index contributed by atoms with van der Waals surface area (Å²) >= 11 is 0. The molecule has 0 saturated heterocycles.